The fraction of sp³-hybridized carbons (Fsp3) is 0.783. The molecule has 0 saturated carbocycles. The molecule has 0 spiro atoms. The Morgan fingerprint density at radius 3 is 2.09 bits per heavy atom. The van der Waals surface area contributed by atoms with Crippen molar-refractivity contribution in [3.8, 4) is 0 Å². The quantitative estimate of drug-likeness (QED) is 0.482. The maximum atomic E-state index is 12.3. The topological polar surface area (TPSA) is 117 Å². The van der Waals surface area contributed by atoms with Crippen LogP contribution in [0.3, 0.4) is 0 Å². The van der Waals surface area contributed by atoms with Gasteiger partial charge < -0.3 is 19.3 Å². The molecule has 12 heteroatoms. The summed E-state index contributed by atoms with van der Waals surface area (Å²) in [6.45, 7) is 26.4. The second-order valence-electron chi connectivity index (χ2n) is 12.4. The Bertz CT molecular complexity index is 1090. The number of hydrogen-bond acceptors (Lipinski definition) is 7. The van der Waals surface area contributed by atoms with E-state index in [9.17, 15) is 4.79 Å². The summed E-state index contributed by atoms with van der Waals surface area (Å²) in [5, 5.41) is 0.102. The van der Waals surface area contributed by atoms with E-state index in [1.165, 1.54) is 0 Å². The van der Waals surface area contributed by atoms with Crippen molar-refractivity contribution in [1.82, 2.24) is 19.5 Å². The van der Waals surface area contributed by atoms with Gasteiger partial charge in [-0.15, -0.1) is 0 Å². The van der Waals surface area contributed by atoms with E-state index in [1.54, 1.807) is 4.57 Å². The van der Waals surface area contributed by atoms with Crippen LogP contribution < -0.4 is 17.0 Å². The number of imidazole rings is 1. The Kier molecular flexibility index (Phi) is 8.60. The lowest BCUT2D eigenvalue weighted by atomic mass is 10.1. The molecule has 3 N–H and O–H groups in total. The van der Waals surface area contributed by atoms with Gasteiger partial charge in [0.2, 0.25) is 5.95 Å². The van der Waals surface area contributed by atoms with E-state index in [-0.39, 0.29) is 45.1 Å². The zero-order valence-electron chi connectivity index (χ0n) is 23.6. The minimum atomic E-state index is -2.07. The number of nitrogens with one attached hydrogen (secondary N) is 1. The summed E-state index contributed by atoms with van der Waals surface area (Å²) in [7, 11) is 2.06. The van der Waals surface area contributed by atoms with Crippen molar-refractivity contribution in [3.63, 3.8) is 0 Å². The second kappa shape index (κ2) is 10.1. The summed E-state index contributed by atoms with van der Waals surface area (Å²) in [6, 6.07) is 0. The van der Waals surface area contributed by atoms with Crippen LogP contribution in [0.2, 0.25) is 36.3 Å². The number of rotatable bonds is 9. The van der Waals surface area contributed by atoms with Gasteiger partial charge in [0, 0.05) is 0 Å². The monoisotopic (exact) mass is 521 g/mol. The maximum absolute atomic E-state index is 12.3. The Labute approximate surface area is 213 Å². The number of aromatic nitrogens is 4. The molecule has 0 aliphatic carbocycles. The molecule has 0 saturated heterocycles. The van der Waals surface area contributed by atoms with Crippen molar-refractivity contribution in [2.75, 3.05) is 12.3 Å². The van der Waals surface area contributed by atoms with Gasteiger partial charge in [-0.05, 0) is 50.1 Å². The maximum Gasteiger partial charge on any atom is 0.280 e. The molecule has 0 aliphatic rings. The number of aromatic amines is 1. The molecule has 35 heavy (non-hydrogen) atoms. The second-order valence-corrected chi connectivity index (χ2v) is 22.0. The predicted octanol–water partition coefficient (Wildman–Crippen LogP) is 3.83. The zero-order valence-corrected chi connectivity index (χ0v) is 25.6. The van der Waals surface area contributed by atoms with Crippen molar-refractivity contribution in [2.45, 2.75) is 110 Å². The third kappa shape index (κ3) is 6.65. The molecular formula is C23H44BN5O4Si2. The highest BCUT2D eigenvalue weighted by Crippen LogP contribution is 2.39. The molecule has 0 aliphatic heterocycles. The van der Waals surface area contributed by atoms with Crippen LogP contribution in [0.1, 0.15) is 61.6 Å². The highest BCUT2D eigenvalue weighted by molar-refractivity contribution is 6.74. The molecule has 2 aromatic heterocycles. The van der Waals surface area contributed by atoms with Crippen LogP contribution >= 0.6 is 0 Å². The molecular weight excluding hydrogens is 477 g/mol. The molecule has 3 unspecified atom stereocenters. The van der Waals surface area contributed by atoms with Crippen molar-refractivity contribution in [3.05, 3.63) is 10.4 Å². The molecule has 0 amide bonds. The number of nitrogens with zero attached hydrogens (tertiary/aromatic N) is 3. The van der Waals surface area contributed by atoms with Crippen LogP contribution in [0.25, 0.3) is 11.2 Å². The molecule has 2 heterocycles. The molecule has 196 valence electrons. The van der Waals surface area contributed by atoms with E-state index in [2.05, 4.69) is 82.7 Å². The Morgan fingerprint density at radius 2 is 1.57 bits per heavy atom. The van der Waals surface area contributed by atoms with Gasteiger partial charge in [-0.2, -0.15) is 4.98 Å². The van der Waals surface area contributed by atoms with Crippen LogP contribution in [0, 0.1) is 0 Å². The summed E-state index contributed by atoms with van der Waals surface area (Å²) in [6.07, 6.45) is -1.21. The molecule has 0 aromatic carbocycles. The smallest absolute Gasteiger partial charge is 0.280 e. The number of ether oxygens (including phenoxy) is 1. The lowest BCUT2D eigenvalue weighted by Gasteiger charge is -2.42. The van der Waals surface area contributed by atoms with Crippen LogP contribution in [0.5, 0.6) is 0 Å². The lowest BCUT2D eigenvalue weighted by molar-refractivity contribution is -0.103. The van der Waals surface area contributed by atoms with Crippen LogP contribution in [0.15, 0.2) is 4.79 Å². The summed E-state index contributed by atoms with van der Waals surface area (Å²) in [5.41, 5.74) is 5.85. The minimum absolute atomic E-state index is 0.0108. The van der Waals surface area contributed by atoms with E-state index in [0.29, 0.717) is 6.61 Å². The van der Waals surface area contributed by atoms with Gasteiger partial charge in [0.05, 0.1) is 18.4 Å². The number of anilines is 1. The van der Waals surface area contributed by atoms with E-state index in [4.69, 9.17) is 27.2 Å². The third-order valence-electron chi connectivity index (χ3n) is 7.56. The molecule has 2 rings (SSSR count). The SMILES string of the molecule is [B]c1nc2c(=O)[nH]c(N)nc2n1C(C)OC(CO[Si](C)(C)C(C)(C)C)C(C)O[Si](C)(C)C(C)(C)C. The fourth-order valence-electron chi connectivity index (χ4n) is 3.20. The van der Waals surface area contributed by atoms with Crippen molar-refractivity contribution < 1.29 is 13.6 Å². The van der Waals surface area contributed by atoms with Gasteiger partial charge in [0.1, 0.15) is 12.3 Å². The van der Waals surface area contributed by atoms with Crippen molar-refractivity contribution in [1.29, 1.82) is 0 Å². The van der Waals surface area contributed by atoms with E-state index < -0.39 is 28.4 Å². The average Bonchev–Trinajstić information content (AvgIpc) is 2.98. The largest absolute Gasteiger partial charge is 0.414 e. The average molecular weight is 522 g/mol. The van der Waals surface area contributed by atoms with Gasteiger partial charge in [-0.1, -0.05) is 41.5 Å². The summed E-state index contributed by atoms with van der Waals surface area (Å²) in [4.78, 5) is 23.2. The lowest BCUT2D eigenvalue weighted by Crippen LogP contribution is -2.50. The van der Waals surface area contributed by atoms with Crippen molar-refractivity contribution >= 4 is 47.3 Å². The van der Waals surface area contributed by atoms with Crippen LogP contribution in [0.4, 0.5) is 5.95 Å². The highest BCUT2D eigenvalue weighted by atomic mass is 28.4. The Hall–Kier alpha value is -1.47. The molecule has 0 bridgehead atoms. The molecule has 9 nitrogen and oxygen atoms in total. The number of hydrogen-bond donors (Lipinski definition) is 2. The first-order chi connectivity index (χ1) is 15.7. The number of fused-ring (bicyclic) bond motifs is 1. The first kappa shape index (κ1) is 29.8. The summed E-state index contributed by atoms with van der Waals surface area (Å²) in [5.74, 6) is -0.0108. The van der Waals surface area contributed by atoms with E-state index >= 15 is 0 Å². The summed E-state index contributed by atoms with van der Waals surface area (Å²) >= 11 is 0. The normalized spacial score (nSPS) is 16.5. The molecule has 0 fully saturated rings. The zero-order chi connectivity index (χ0) is 27.1. The van der Waals surface area contributed by atoms with E-state index in [1.807, 2.05) is 13.8 Å². The van der Waals surface area contributed by atoms with Crippen molar-refractivity contribution in [2.24, 2.45) is 0 Å². The Morgan fingerprint density at radius 1 is 1.03 bits per heavy atom. The first-order valence-corrected chi connectivity index (χ1v) is 18.0. The van der Waals surface area contributed by atoms with Gasteiger partial charge >= 0.3 is 0 Å². The number of nitrogens with two attached hydrogens (primary N) is 1. The predicted molar refractivity (Wildman–Crippen MR) is 148 cm³/mol. The standard InChI is InChI=1S/C23H44BN5O4Si2/c1-14(33-35(11,12)23(6,7)8)16(13-31-34(9,10)22(3,4)5)32-15(2)29-18-17(26-20(29)24)19(30)28-21(25)27-18/h14-16H,13H2,1-12H3,(H3,25,27,28,30). The number of nitrogen functional groups attached to an aromatic ring is 1. The van der Waals surface area contributed by atoms with Gasteiger partial charge in [0.25, 0.3) is 5.56 Å². The molecule has 3 atom stereocenters. The number of H-pyrrole nitrogens is 1. The first-order valence-electron chi connectivity index (χ1n) is 12.2. The molecule has 2 radical (unpaired) electrons. The van der Waals surface area contributed by atoms with Gasteiger partial charge in [-0.3, -0.25) is 14.3 Å². The minimum Gasteiger partial charge on any atom is -0.414 e. The highest BCUT2D eigenvalue weighted by Gasteiger charge is 2.42. The van der Waals surface area contributed by atoms with Gasteiger partial charge in [0.15, 0.2) is 35.6 Å². The summed E-state index contributed by atoms with van der Waals surface area (Å²) < 4.78 is 21.4. The fourth-order valence-corrected chi connectivity index (χ4v) is 5.65. The van der Waals surface area contributed by atoms with Crippen LogP contribution in [-0.4, -0.2) is 62.8 Å². The molecule has 2 aromatic rings. The Balaban J connectivity index is 2.40. The third-order valence-corrected chi connectivity index (χ3v) is 16.6. The van der Waals surface area contributed by atoms with Gasteiger partial charge in [-0.25, -0.2) is 4.98 Å². The van der Waals surface area contributed by atoms with E-state index in [0.717, 1.165) is 0 Å². The van der Waals surface area contributed by atoms with Crippen LogP contribution in [-0.2, 0) is 13.6 Å².